The van der Waals surface area contributed by atoms with Crippen LogP contribution in [0.3, 0.4) is 0 Å². The molecule has 5 rings (SSSR count). The van der Waals surface area contributed by atoms with Crippen LogP contribution in [0.4, 0.5) is 0 Å². The SMILES string of the molecule is CCn1c(SCC(=O)c2cccs2)nc2c(c1=O)C1(CCCCC1)Cc1ccccc1-2. The molecule has 0 bridgehead atoms. The normalized spacial score (nSPS) is 16.7. The van der Waals surface area contributed by atoms with E-state index >= 15 is 0 Å². The number of thiophene rings is 1. The van der Waals surface area contributed by atoms with E-state index in [0.717, 1.165) is 41.0 Å². The van der Waals surface area contributed by atoms with E-state index in [1.165, 1.54) is 47.9 Å². The molecule has 2 heterocycles. The van der Waals surface area contributed by atoms with Crippen LogP contribution in [-0.4, -0.2) is 21.1 Å². The first-order valence-corrected chi connectivity index (χ1v) is 12.9. The smallest absolute Gasteiger partial charge is 0.258 e. The highest BCUT2D eigenvalue weighted by Crippen LogP contribution is 2.48. The van der Waals surface area contributed by atoms with E-state index in [9.17, 15) is 9.59 Å². The molecule has 0 unspecified atom stereocenters. The average molecular weight is 451 g/mol. The number of ketones is 1. The Hall–Kier alpha value is -2.18. The summed E-state index contributed by atoms with van der Waals surface area (Å²) in [5.41, 5.74) is 4.14. The summed E-state index contributed by atoms with van der Waals surface area (Å²) >= 11 is 2.84. The van der Waals surface area contributed by atoms with Gasteiger partial charge in [0.25, 0.3) is 5.56 Å². The summed E-state index contributed by atoms with van der Waals surface area (Å²) in [5.74, 6) is 0.372. The molecular weight excluding hydrogens is 424 g/mol. The summed E-state index contributed by atoms with van der Waals surface area (Å²) in [6.07, 6.45) is 6.61. The largest absolute Gasteiger partial charge is 0.292 e. The molecule has 0 aliphatic heterocycles. The zero-order chi connectivity index (χ0) is 21.4. The number of hydrogen-bond acceptors (Lipinski definition) is 5. The molecule has 1 fully saturated rings. The van der Waals surface area contributed by atoms with Gasteiger partial charge in [0.1, 0.15) is 0 Å². The van der Waals surface area contributed by atoms with Gasteiger partial charge in [0.05, 0.1) is 21.9 Å². The second kappa shape index (κ2) is 8.40. The van der Waals surface area contributed by atoms with Crippen molar-refractivity contribution in [2.24, 2.45) is 0 Å². The molecule has 2 aliphatic carbocycles. The van der Waals surface area contributed by atoms with Crippen LogP contribution in [0.1, 0.15) is 59.8 Å². The summed E-state index contributed by atoms with van der Waals surface area (Å²) in [7, 11) is 0. The number of carbonyl (C=O) groups excluding carboxylic acids is 1. The number of rotatable bonds is 5. The summed E-state index contributed by atoms with van der Waals surface area (Å²) < 4.78 is 1.79. The number of Topliss-reactive ketones (excluding diaryl/α,β-unsaturated/α-hetero) is 1. The molecule has 0 N–H and O–H groups in total. The van der Waals surface area contributed by atoms with E-state index in [4.69, 9.17) is 4.98 Å². The number of thioether (sulfide) groups is 1. The van der Waals surface area contributed by atoms with Crippen LogP contribution < -0.4 is 5.56 Å². The van der Waals surface area contributed by atoms with Gasteiger partial charge in [0.15, 0.2) is 10.9 Å². The number of hydrogen-bond donors (Lipinski definition) is 0. The van der Waals surface area contributed by atoms with Crippen LogP contribution >= 0.6 is 23.1 Å². The fourth-order valence-electron chi connectivity index (χ4n) is 5.25. The number of aromatic nitrogens is 2. The minimum Gasteiger partial charge on any atom is -0.292 e. The fourth-order valence-corrected chi connectivity index (χ4v) is 6.94. The molecule has 0 amide bonds. The Morgan fingerprint density at radius 2 is 1.97 bits per heavy atom. The van der Waals surface area contributed by atoms with Gasteiger partial charge in [-0.15, -0.1) is 11.3 Å². The molecule has 2 aliphatic rings. The molecular formula is C25H26N2O2S2. The predicted molar refractivity (Wildman–Crippen MR) is 127 cm³/mol. The van der Waals surface area contributed by atoms with Crippen molar-refractivity contribution in [1.29, 1.82) is 0 Å². The van der Waals surface area contributed by atoms with Gasteiger partial charge in [-0.05, 0) is 43.2 Å². The molecule has 4 nitrogen and oxygen atoms in total. The van der Waals surface area contributed by atoms with Crippen LogP contribution in [0, 0.1) is 0 Å². The van der Waals surface area contributed by atoms with E-state index < -0.39 is 0 Å². The fraction of sp³-hybridized carbons (Fsp3) is 0.400. The van der Waals surface area contributed by atoms with Crippen molar-refractivity contribution in [3.05, 3.63) is 68.1 Å². The minimum atomic E-state index is -0.0983. The number of carbonyl (C=O) groups is 1. The Kier molecular flexibility index (Phi) is 5.61. The van der Waals surface area contributed by atoms with E-state index in [0.29, 0.717) is 17.5 Å². The molecule has 2 aromatic heterocycles. The zero-order valence-electron chi connectivity index (χ0n) is 17.7. The third-order valence-corrected chi connectivity index (χ3v) is 8.61. The quantitative estimate of drug-likeness (QED) is 0.283. The Morgan fingerprint density at radius 1 is 1.16 bits per heavy atom. The minimum absolute atomic E-state index is 0.0822. The standard InChI is InChI=1S/C25H26N2O2S2/c1-2-27-23(29)21-22(26-24(27)31-16-19(28)20-11-8-14-30-20)18-10-5-4-9-17(18)15-25(21)12-6-3-7-13-25/h4-5,8-11,14H,2-3,6-7,12-13,15-16H2,1H3. The van der Waals surface area contributed by atoms with Gasteiger partial charge in [-0.2, -0.15) is 0 Å². The first kappa shape index (κ1) is 20.7. The molecule has 160 valence electrons. The lowest BCUT2D eigenvalue weighted by molar-refractivity contribution is 0.102. The Bertz CT molecular complexity index is 1170. The zero-order valence-corrected chi connectivity index (χ0v) is 19.4. The average Bonchev–Trinajstić information content (AvgIpc) is 3.33. The highest BCUT2D eigenvalue weighted by Gasteiger charge is 2.43. The van der Waals surface area contributed by atoms with Crippen molar-refractivity contribution in [2.45, 2.75) is 62.6 Å². The first-order valence-electron chi connectivity index (χ1n) is 11.1. The monoisotopic (exact) mass is 450 g/mol. The van der Waals surface area contributed by atoms with Gasteiger partial charge in [0.2, 0.25) is 0 Å². The van der Waals surface area contributed by atoms with Crippen molar-refractivity contribution in [2.75, 3.05) is 5.75 Å². The van der Waals surface area contributed by atoms with Crippen LogP contribution in [-0.2, 0) is 18.4 Å². The Balaban J connectivity index is 1.62. The predicted octanol–water partition coefficient (Wildman–Crippen LogP) is 5.72. The summed E-state index contributed by atoms with van der Waals surface area (Å²) in [6.45, 7) is 2.55. The summed E-state index contributed by atoms with van der Waals surface area (Å²) in [4.78, 5) is 32.2. The number of benzene rings is 1. The molecule has 1 aromatic carbocycles. The third kappa shape index (κ3) is 3.60. The van der Waals surface area contributed by atoms with Gasteiger partial charge in [-0.25, -0.2) is 4.98 Å². The highest BCUT2D eigenvalue weighted by atomic mass is 32.2. The van der Waals surface area contributed by atoms with Gasteiger partial charge in [-0.3, -0.25) is 14.2 Å². The summed E-state index contributed by atoms with van der Waals surface area (Å²) in [5, 5.41) is 2.57. The lowest BCUT2D eigenvalue weighted by Gasteiger charge is -2.42. The molecule has 1 saturated carbocycles. The van der Waals surface area contributed by atoms with Crippen LogP contribution in [0.25, 0.3) is 11.3 Å². The van der Waals surface area contributed by atoms with Gasteiger partial charge in [0, 0.05) is 17.5 Å². The van der Waals surface area contributed by atoms with Crippen LogP contribution in [0.5, 0.6) is 0 Å². The lowest BCUT2D eigenvalue weighted by Crippen LogP contribution is -2.43. The van der Waals surface area contributed by atoms with E-state index in [1.807, 2.05) is 30.5 Å². The first-order chi connectivity index (χ1) is 15.1. The molecule has 3 aromatic rings. The number of nitrogens with zero attached hydrogens (tertiary/aromatic N) is 2. The van der Waals surface area contributed by atoms with E-state index in [2.05, 4.69) is 18.2 Å². The summed E-state index contributed by atoms with van der Waals surface area (Å²) in [6, 6.07) is 12.1. The highest BCUT2D eigenvalue weighted by molar-refractivity contribution is 7.99. The second-order valence-corrected chi connectivity index (χ2v) is 10.4. The second-order valence-electron chi connectivity index (χ2n) is 8.53. The molecule has 0 atom stereocenters. The Labute approximate surface area is 190 Å². The van der Waals surface area contributed by atoms with E-state index in [-0.39, 0.29) is 16.8 Å². The Morgan fingerprint density at radius 3 is 2.71 bits per heavy atom. The molecule has 0 radical (unpaired) electrons. The van der Waals surface area contributed by atoms with Crippen LogP contribution in [0.2, 0.25) is 0 Å². The van der Waals surface area contributed by atoms with Gasteiger partial charge >= 0.3 is 0 Å². The van der Waals surface area contributed by atoms with Crippen molar-refractivity contribution >= 4 is 28.9 Å². The number of fused-ring (bicyclic) bond motifs is 4. The van der Waals surface area contributed by atoms with Crippen LogP contribution in [0.15, 0.2) is 51.7 Å². The maximum absolute atomic E-state index is 13.8. The van der Waals surface area contributed by atoms with E-state index in [1.54, 1.807) is 4.57 Å². The lowest BCUT2D eigenvalue weighted by atomic mass is 9.62. The molecule has 6 heteroatoms. The maximum Gasteiger partial charge on any atom is 0.258 e. The van der Waals surface area contributed by atoms with Crippen molar-refractivity contribution in [3.8, 4) is 11.3 Å². The van der Waals surface area contributed by atoms with Crippen molar-refractivity contribution < 1.29 is 4.79 Å². The third-order valence-electron chi connectivity index (χ3n) is 6.72. The van der Waals surface area contributed by atoms with Crippen molar-refractivity contribution in [1.82, 2.24) is 9.55 Å². The molecule has 31 heavy (non-hydrogen) atoms. The topological polar surface area (TPSA) is 52.0 Å². The molecule has 1 spiro atoms. The maximum atomic E-state index is 13.8. The van der Waals surface area contributed by atoms with Gasteiger partial charge in [-0.1, -0.05) is 61.4 Å². The van der Waals surface area contributed by atoms with Crippen molar-refractivity contribution in [3.63, 3.8) is 0 Å². The molecule has 0 saturated heterocycles. The van der Waals surface area contributed by atoms with Gasteiger partial charge < -0.3 is 0 Å².